The lowest BCUT2D eigenvalue weighted by Crippen LogP contribution is -2.39. The fourth-order valence-corrected chi connectivity index (χ4v) is 3.53. The molecule has 0 N–H and O–H groups in total. The van der Waals surface area contributed by atoms with E-state index in [1.165, 1.54) is 0 Å². The van der Waals surface area contributed by atoms with Crippen LogP contribution in [0.5, 0.6) is 17.2 Å². The zero-order valence-corrected chi connectivity index (χ0v) is 12.8. The van der Waals surface area contributed by atoms with Gasteiger partial charge in [-0.15, -0.1) is 0 Å². The maximum atomic E-state index is 11.7. The molecule has 3 rings (SSSR count). The Morgan fingerprint density at radius 1 is 1.14 bits per heavy atom. The smallest absolute Gasteiger partial charge is 0.306 e. The minimum atomic E-state index is -0.447. The Balaban J connectivity index is 2.13. The molecular formula is C16H20O5. The van der Waals surface area contributed by atoms with Gasteiger partial charge >= 0.3 is 5.97 Å². The van der Waals surface area contributed by atoms with Gasteiger partial charge < -0.3 is 18.9 Å². The molecule has 1 aliphatic heterocycles. The summed E-state index contributed by atoms with van der Waals surface area (Å²) >= 11 is 0. The van der Waals surface area contributed by atoms with Crippen LogP contribution in [-0.2, 0) is 22.4 Å². The number of methoxy groups -OCH3 is 3. The van der Waals surface area contributed by atoms with E-state index >= 15 is 0 Å². The first-order chi connectivity index (χ1) is 10.0. The number of esters is 1. The molecule has 5 heteroatoms. The van der Waals surface area contributed by atoms with Gasteiger partial charge in [-0.25, -0.2) is 0 Å². The van der Waals surface area contributed by atoms with E-state index in [1.54, 1.807) is 21.3 Å². The molecule has 0 aromatic heterocycles. The molecule has 2 atom stereocenters. The Kier molecular flexibility index (Phi) is 3.23. The summed E-state index contributed by atoms with van der Waals surface area (Å²) in [6.45, 7) is 2.00. The number of carbonyl (C=O) groups is 1. The summed E-state index contributed by atoms with van der Waals surface area (Å²) in [6, 6.07) is 1.99. The van der Waals surface area contributed by atoms with E-state index in [1.807, 2.05) is 13.0 Å². The molecule has 1 aromatic rings. The standard InChI is InChI=1S/C16H20O5/c1-16-8-11-9(5-10(16)7-13(17)21-16)6-12(18-2)15(20-4)14(11)19-3/h6,10H,5,7-8H2,1-4H3/t10?,16-/m0/s1. The van der Waals surface area contributed by atoms with E-state index < -0.39 is 5.60 Å². The van der Waals surface area contributed by atoms with Crippen molar-refractivity contribution in [3.05, 3.63) is 17.2 Å². The fraction of sp³-hybridized carbons (Fsp3) is 0.562. The molecule has 1 fully saturated rings. The average molecular weight is 292 g/mol. The quantitative estimate of drug-likeness (QED) is 0.799. The molecule has 1 aromatic carbocycles. The van der Waals surface area contributed by atoms with Gasteiger partial charge in [0.25, 0.3) is 0 Å². The second-order valence-corrected chi connectivity index (χ2v) is 5.85. The van der Waals surface area contributed by atoms with Crippen molar-refractivity contribution in [3.8, 4) is 17.2 Å². The predicted octanol–water partition coefficient (Wildman–Crippen LogP) is 2.13. The zero-order valence-electron chi connectivity index (χ0n) is 12.8. The number of fused-ring (bicyclic) bond motifs is 2. The number of hydrogen-bond acceptors (Lipinski definition) is 5. The van der Waals surface area contributed by atoms with E-state index in [9.17, 15) is 4.79 Å². The molecule has 1 unspecified atom stereocenters. The average Bonchev–Trinajstić information content (AvgIpc) is 2.75. The highest BCUT2D eigenvalue weighted by Crippen LogP contribution is 2.50. The van der Waals surface area contributed by atoms with Crippen molar-refractivity contribution in [2.45, 2.75) is 31.8 Å². The summed E-state index contributed by atoms with van der Waals surface area (Å²) in [4.78, 5) is 11.7. The lowest BCUT2D eigenvalue weighted by atomic mass is 9.73. The van der Waals surface area contributed by atoms with Crippen molar-refractivity contribution in [2.24, 2.45) is 5.92 Å². The van der Waals surface area contributed by atoms with Crippen LogP contribution in [0.2, 0.25) is 0 Å². The largest absolute Gasteiger partial charge is 0.493 e. The molecule has 1 heterocycles. The monoisotopic (exact) mass is 292 g/mol. The molecule has 0 radical (unpaired) electrons. The number of ether oxygens (including phenoxy) is 4. The van der Waals surface area contributed by atoms with Crippen molar-refractivity contribution in [3.63, 3.8) is 0 Å². The third-order valence-corrected chi connectivity index (χ3v) is 4.64. The minimum absolute atomic E-state index is 0.117. The number of carbonyl (C=O) groups excluding carboxylic acids is 1. The van der Waals surface area contributed by atoms with Crippen molar-refractivity contribution >= 4 is 5.97 Å². The summed E-state index contributed by atoms with van der Waals surface area (Å²) in [6.07, 6.45) is 1.91. The van der Waals surface area contributed by atoms with E-state index in [-0.39, 0.29) is 11.9 Å². The van der Waals surface area contributed by atoms with E-state index in [0.717, 1.165) is 17.5 Å². The first-order valence-electron chi connectivity index (χ1n) is 7.05. The Labute approximate surface area is 124 Å². The summed E-state index contributed by atoms with van der Waals surface area (Å²) in [5.74, 6) is 2.01. The molecule has 0 amide bonds. The highest BCUT2D eigenvalue weighted by atomic mass is 16.6. The lowest BCUT2D eigenvalue weighted by molar-refractivity contribution is -0.148. The van der Waals surface area contributed by atoms with Crippen LogP contribution in [0, 0.1) is 5.92 Å². The van der Waals surface area contributed by atoms with Crippen molar-refractivity contribution in [1.82, 2.24) is 0 Å². The number of hydrogen-bond donors (Lipinski definition) is 0. The van der Waals surface area contributed by atoms with Gasteiger partial charge in [-0.1, -0.05) is 0 Å². The van der Waals surface area contributed by atoms with Crippen molar-refractivity contribution in [2.75, 3.05) is 21.3 Å². The Morgan fingerprint density at radius 3 is 2.48 bits per heavy atom. The van der Waals surface area contributed by atoms with Gasteiger partial charge in [-0.05, 0) is 25.0 Å². The molecule has 1 aliphatic carbocycles. The molecule has 114 valence electrons. The van der Waals surface area contributed by atoms with Gasteiger partial charge in [0.2, 0.25) is 5.75 Å². The molecule has 1 saturated heterocycles. The maximum Gasteiger partial charge on any atom is 0.306 e. The van der Waals surface area contributed by atoms with Crippen molar-refractivity contribution in [1.29, 1.82) is 0 Å². The molecular weight excluding hydrogens is 272 g/mol. The van der Waals surface area contributed by atoms with Crippen LogP contribution in [0.15, 0.2) is 6.07 Å². The second-order valence-electron chi connectivity index (χ2n) is 5.85. The highest BCUT2D eigenvalue weighted by Gasteiger charge is 2.49. The molecule has 0 spiro atoms. The third-order valence-electron chi connectivity index (χ3n) is 4.64. The van der Waals surface area contributed by atoms with Crippen molar-refractivity contribution < 1.29 is 23.7 Å². The van der Waals surface area contributed by atoms with Gasteiger partial charge in [-0.2, -0.15) is 0 Å². The first kappa shape index (κ1) is 14.0. The van der Waals surface area contributed by atoms with Gasteiger partial charge in [0, 0.05) is 17.9 Å². The SMILES string of the molecule is COc1cc2c(c(OC)c1OC)C[C@]1(C)OC(=O)CC1C2. The van der Waals surface area contributed by atoms with E-state index in [0.29, 0.717) is 30.1 Å². The van der Waals surface area contributed by atoms with Crippen LogP contribution in [0.3, 0.4) is 0 Å². The molecule has 0 bridgehead atoms. The van der Waals surface area contributed by atoms with Gasteiger partial charge in [0.15, 0.2) is 11.5 Å². The van der Waals surface area contributed by atoms with Gasteiger partial charge in [-0.3, -0.25) is 4.79 Å². The predicted molar refractivity (Wildman–Crippen MR) is 76.1 cm³/mol. The molecule has 2 aliphatic rings. The first-order valence-corrected chi connectivity index (χ1v) is 7.05. The molecule has 5 nitrogen and oxygen atoms in total. The number of benzene rings is 1. The molecule has 21 heavy (non-hydrogen) atoms. The number of rotatable bonds is 3. The summed E-state index contributed by atoms with van der Waals surface area (Å²) in [5, 5.41) is 0. The fourth-order valence-electron chi connectivity index (χ4n) is 3.53. The van der Waals surface area contributed by atoms with E-state index in [2.05, 4.69) is 0 Å². The normalized spacial score (nSPS) is 26.7. The van der Waals surface area contributed by atoms with Crippen LogP contribution >= 0.6 is 0 Å². The summed E-state index contributed by atoms with van der Waals surface area (Å²) in [7, 11) is 4.82. The van der Waals surface area contributed by atoms with Crippen LogP contribution in [0.4, 0.5) is 0 Å². The van der Waals surface area contributed by atoms with Crippen LogP contribution < -0.4 is 14.2 Å². The Morgan fingerprint density at radius 2 is 1.86 bits per heavy atom. The molecule has 0 saturated carbocycles. The van der Waals surface area contributed by atoms with Crippen LogP contribution in [0.25, 0.3) is 0 Å². The topological polar surface area (TPSA) is 54.0 Å². The van der Waals surface area contributed by atoms with Crippen LogP contribution in [0.1, 0.15) is 24.5 Å². The highest BCUT2D eigenvalue weighted by molar-refractivity contribution is 5.74. The maximum absolute atomic E-state index is 11.7. The lowest BCUT2D eigenvalue weighted by Gasteiger charge is -2.36. The Hall–Kier alpha value is -1.91. The van der Waals surface area contributed by atoms with Gasteiger partial charge in [0.1, 0.15) is 5.60 Å². The summed E-state index contributed by atoms with van der Waals surface area (Å²) < 4.78 is 22.0. The second kappa shape index (κ2) is 4.83. The van der Waals surface area contributed by atoms with Crippen LogP contribution in [-0.4, -0.2) is 32.9 Å². The van der Waals surface area contributed by atoms with Gasteiger partial charge in [0.05, 0.1) is 27.8 Å². The Bertz CT molecular complexity index is 595. The summed E-state index contributed by atoms with van der Waals surface area (Å²) in [5.41, 5.74) is 1.74. The zero-order chi connectivity index (χ0) is 15.2. The van der Waals surface area contributed by atoms with E-state index in [4.69, 9.17) is 18.9 Å². The third kappa shape index (κ3) is 2.03. The minimum Gasteiger partial charge on any atom is -0.493 e.